The van der Waals surface area contributed by atoms with Crippen molar-refractivity contribution in [3.8, 4) is 0 Å². The minimum absolute atomic E-state index is 0.320. The molecule has 0 saturated carbocycles. The van der Waals surface area contributed by atoms with Gasteiger partial charge in [-0.15, -0.1) is 0 Å². The minimum Gasteiger partial charge on any atom is -0.331 e. The van der Waals surface area contributed by atoms with Gasteiger partial charge in [-0.1, -0.05) is 30.3 Å². The van der Waals surface area contributed by atoms with Crippen molar-refractivity contribution in [2.24, 2.45) is 14.1 Å². The van der Waals surface area contributed by atoms with Crippen LogP contribution in [0, 0.1) is 0 Å². The lowest BCUT2D eigenvalue weighted by atomic mass is 10.2. The summed E-state index contributed by atoms with van der Waals surface area (Å²) in [5, 5.41) is 0. The minimum atomic E-state index is -0.351. The number of hydrogen-bond donors (Lipinski definition) is 3. The molecule has 3 N–H and O–H groups in total. The maximum absolute atomic E-state index is 12.3. The molecule has 0 amide bonds. The molecule has 1 aromatic carbocycles. The van der Waals surface area contributed by atoms with Gasteiger partial charge >= 0.3 is 5.69 Å². The zero-order chi connectivity index (χ0) is 19.0. The molecule has 0 aliphatic carbocycles. The van der Waals surface area contributed by atoms with Crippen LogP contribution in [0.15, 0.2) is 39.9 Å². The number of imidazole rings is 1. The Labute approximate surface area is 156 Å². The number of nitrogens with one attached hydrogen (secondary N) is 3. The van der Waals surface area contributed by atoms with Crippen LogP contribution in [0.3, 0.4) is 0 Å². The van der Waals surface area contributed by atoms with Crippen LogP contribution >= 0.6 is 0 Å². The molecule has 0 spiro atoms. The van der Waals surface area contributed by atoms with E-state index in [0.717, 1.165) is 49.7 Å². The zero-order valence-electron chi connectivity index (χ0n) is 15.8. The normalized spacial score (nSPS) is 20.2. The lowest BCUT2D eigenvalue weighted by Gasteiger charge is -2.29. The molecule has 3 heterocycles. The van der Waals surface area contributed by atoms with Crippen molar-refractivity contribution in [3.63, 3.8) is 0 Å². The van der Waals surface area contributed by atoms with E-state index in [-0.39, 0.29) is 11.2 Å². The fourth-order valence-corrected chi connectivity index (χ4v) is 3.89. The summed E-state index contributed by atoms with van der Waals surface area (Å²) >= 11 is 0. The van der Waals surface area contributed by atoms with Crippen molar-refractivity contribution in [3.05, 3.63) is 62.6 Å². The third-order valence-electron chi connectivity index (χ3n) is 5.52. The van der Waals surface area contributed by atoms with Gasteiger partial charge in [-0.25, -0.2) is 9.78 Å². The number of benzene rings is 1. The number of H-pyrrole nitrogens is 1. The Morgan fingerprint density at radius 1 is 0.963 bits per heavy atom. The van der Waals surface area contributed by atoms with Gasteiger partial charge in [0.05, 0.1) is 0 Å². The number of piperazine rings is 1. The van der Waals surface area contributed by atoms with Crippen LogP contribution in [0.2, 0.25) is 0 Å². The third-order valence-corrected chi connectivity index (χ3v) is 5.52. The van der Waals surface area contributed by atoms with Crippen molar-refractivity contribution in [2.45, 2.75) is 13.1 Å². The highest BCUT2D eigenvalue weighted by molar-refractivity contribution is 5.69. The Kier molecular flexibility index (Phi) is 4.67. The summed E-state index contributed by atoms with van der Waals surface area (Å²) < 4.78 is 2.54. The van der Waals surface area contributed by atoms with Gasteiger partial charge in [0.25, 0.3) is 5.56 Å². The molecule has 4 rings (SSSR count). The van der Waals surface area contributed by atoms with Gasteiger partial charge in [0.1, 0.15) is 44.8 Å². The Balaban J connectivity index is 1.43. The fraction of sp³-hybridized carbons (Fsp3) is 0.421. The molecule has 8 heteroatoms. The average molecular weight is 370 g/mol. The van der Waals surface area contributed by atoms with E-state index >= 15 is 0 Å². The van der Waals surface area contributed by atoms with E-state index in [2.05, 4.69) is 40.3 Å². The van der Waals surface area contributed by atoms with E-state index in [1.165, 1.54) is 22.1 Å². The molecule has 0 atom stereocenters. The van der Waals surface area contributed by atoms with E-state index in [0.29, 0.717) is 11.2 Å². The predicted molar refractivity (Wildman–Crippen MR) is 102 cm³/mol. The molecule has 142 valence electrons. The summed E-state index contributed by atoms with van der Waals surface area (Å²) in [6, 6.07) is 10.6. The van der Waals surface area contributed by atoms with Crippen LogP contribution in [0.4, 0.5) is 0 Å². The van der Waals surface area contributed by atoms with Crippen LogP contribution in [0.5, 0.6) is 0 Å². The Morgan fingerprint density at radius 2 is 1.59 bits per heavy atom. The SMILES string of the molecule is Cn1c(=O)c2[nH]c(C[NH+]3CC[NH+](Cc4ccccc4)CC3)nc2n(C)c1=O. The second-order valence-electron chi connectivity index (χ2n) is 7.43. The van der Waals surface area contributed by atoms with Gasteiger partial charge in [0.2, 0.25) is 0 Å². The molecule has 0 bridgehead atoms. The highest BCUT2D eigenvalue weighted by Gasteiger charge is 2.24. The number of rotatable bonds is 4. The first-order valence-electron chi connectivity index (χ1n) is 9.38. The van der Waals surface area contributed by atoms with Crippen molar-refractivity contribution in [1.82, 2.24) is 19.1 Å². The first-order chi connectivity index (χ1) is 13.0. The quantitative estimate of drug-likeness (QED) is 0.473. The van der Waals surface area contributed by atoms with Crippen LogP contribution in [0.25, 0.3) is 11.2 Å². The lowest BCUT2D eigenvalue weighted by molar-refractivity contribution is -1.02. The third kappa shape index (κ3) is 3.45. The van der Waals surface area contributed by atoms with E-state index in [9.17, 15) is 9.59 Å². The highest BCUT2D eigenvalue weighted by atomic mass is 16.2. The number of aromatic amines is 1. The number of quaternary nitrogens is 2. The van der Waals surface area contributed by atoms with Crippen molar-refractivity contribution < 1.29 is 9.80 Å². The first-order valence-corrected chi connectivity index (χ1v) is 9.38. The summed E-state index contributed by atoms with van der Waals surface area (Å²) in [7, 11) is 3.14. The van der Waals surface area contributed by atoms with Gasteiger partial charge in [0, 0.05) is 19.7 Å². The molecule has 1 aliphatic heterocycles. The molecule has 27 heavy (non-hydrogen) atoms. The molecular formula is C19H26N6O2+2. The maximum atomic E-state index is 12.3. The smallest absolute Gasteiger partial charge is 0.331 e. The standard InChI is InChI=1S/C19H24N6O2/c1-22-17-16(18(26)23(2)19(22)27)20-15(21-17)13-25-10-8-24(9-11-25)12-14-6-4-3-5-7-14/h3-7H,8-13H2,1-2H3,(H,20,21)/p+2. The number of hydrogen-bond acceptors (Lipinski definition) is 3. The molecule has 1 aliphatic rings. The van der Waals surface area contributed by atoms with E-state index < -0.39 is 0 Å². The van der Waals surface area contributed by atoms with Crippen molar-refractivity contribution in [1.29, 1.82) is 0 Å². The highest BCUT2D eigenvalue weighted by Crippen LogP contribution is 2.03. The number of aromatic nitrogens is 4. The van der Waals surface area contributed by atoms with Crippen molar-refractivity contribution in [2.75, 3.05) is 26.2 Å². The van der Waals surface area contributed by atoms with Crippen LogP contribution in [-0.2, 0) is 27.2 Å². The van der Waals surface area contributed by atoms with Gasteiger partial charge in [0.15, 0.2) is 11.5 Å². The summed E-state index contributed by atoms with van der Waals surface area (Å²) in [5.41, 5.74) is 1.55. The molecule has 8 nitrogen and oxygen atoms in total. The summed E-state index contributed by atoms with van der Waals surface area (Å²) in [6.07, 6.45) is 0. The van der Waals surface area contributed by atoms with Gasteiger partial charge in [-0.3, -0.25) is 13.9 Å². The molecule has 0 radical (unpaired) electrons. The Morgan fingerprint density at radius 3 is 2.26 bits per heavy atom. The van der Waals surface area contributed by atoms with Gasteiger partial charge in [-0.2, -0.15) is 0 Å². The molecule has 2 aromatic heterocycles. The van der Waals surface area contributed by atoms with E-state index in [4.69, 9.17) is 0 Å². The summed E-state index contributed by atoms with van der Waals surface area (Å²) in [6.45, 7) is 6.17. The molecular weight excluding hydrogens is 344 g/mol. The maximum Gasteiger partial charge on any atom is 0.332 e. The second-order valence-corrected chi connectivity index (χ2v) is 7.43. The van der Waals surface area contributed by atoms with Crippen LogP contribution in [-0.4, -0.2) is 45.3 Å². The fourth-order valence-electron chi connectivity index (χ4n) is 3.89. The van der Waals surface area contributed by atoms with Crippen LogP contribution < -0.4 is 21.0 Å². The zero-order valence-corrected chi connectivity index (χ0v) is 15.8. The Bertz CT molecular complexity index is 1060. The molecule has 1 fully saturated rings. The Hall–Kier alpha value is -2.71. The van der Waals surface area contributed by atoms with Crippen LogP contribution in [0.1, 0.15) is 11.4 Å². The molecule has 1 saturated heterocycles. The molecule has 0 unspecified atom stereocenters. The largest absolute Gasteiger partial charge is 0.332 e. The lowest BCUT2D eigenvalue weighted by Crippen LogP contribution is -3.27. The van der Waals surface area contributed by atoms with Crippen molar-refractivity contribution >= 4 is 11.2 Å². The second kappa shape index (κ2) is 7.13. The van der Waals surface area contributed by atoms with E-state index in [1.54, 1.807) is 11.9 Å². The predicted octanol–water partition coefficient (Wildman–Crippen LogP) is -2.56. The van der Waals surface area contributed by atoms with Gasteiger partial charge in [-0.05, 0) is 0 Å². The number of nitrogens with zero attached hydrogens (tertiary/aromatic N) is 3. The van der Waals surface area contributed by atoms with E-state index in [1.807, 2.05) is 0 Å². The number of fused-ring (bicyclic) bond motifs is 1. The first kappa shape index (κ1) is 17.7. The average Bonchev–Trinajstić information content (AvgIpc) is 3.11. The summed E-state index contributed by atoms with van der Waals surface area (Å²) in [5.74, 6) is 0.768. The van der Waals surface area contributed by atoms with Gasteiger partial charge < -0.3 is 14.8 Å². The summed E-state index contributed by atoms with van der Waals surface area (Å²) in [4.78, 5) is 35.1. The molecule has 3 aromatic rings. The topological polar surface area (TPSA) is 81.6 Å². The number of aryl methyl sites for hydroxylation is 1. The monoisotopic (exact) mass is 370 g/mol.